The van der Waals surface area contributed by atoms with E-state index in [0.717, 1.165) is 18.0 Å². The van der Waals surface area contributed by atoms with E-state index in [1.165, 1.54) is 0 Å². The van der Waals surface area contributed by atoms with Gasteiger partial charge in [0, 0.05) is 17.6 Å². The molecule has 1 fully saturated rings. The molecule has 5 nitrogen and oxygen atoms in total. The first-order chi connectivity index (χ1) is 9.15. The number of rotatable bonds is 6. The van der Waals surface area contributed by atoms with Crippen molar-refractivity contribution in [1.82, 2.24) is 9.88 Å². The number of ether oxygens (including phenoxy) is 1. The molecule has 0 bridgehead atoms. The van der Waals surface area contributed by atoms with Gasteiger partial charge in [-0.25, -0.2) is 4.98 Å². The smallest absolute Gasteiger partial charge is 0.310 e. The van der Waals surface area contributed by atoms with Gasteiger partial charge in [0.1, 0.15) is 5.01 Å². The molecule has 0 aromatic carbocycles. The molecule has 106 valence electrons. The van der Waals surface area contributed by atoms with Gasteiger partial charge in [0.05, 0.1) is 25.2 Å². The number of carbonyl (C=O) groups is 1. The van der Waals surface area contributed by atoms with Crippen molar-refractivity contribution in [2.45, 2.75) is 32.4 Å². The summed E-state index contributed by atoms with van der Waals surface area (Å²) in [6.45, 7) is 5.86. The highest BCUT2D eigenvalue weighted by Gasteiger charge is 2.39. The zero-order valence-electron chi connectivity index (χ0n) is 11.3. The standard InChI is InChI=1S/C13H20N2O3S/c1-3-5-15(9(2)12-14-4-6-19-12)11-8-18-7-10(11)13(16)17/h4,6,9-11H,3,5,7-8H2,1-2H3,(H,16,17). The molecule has 2 heterocycles. The summed E-state index contributed by atoms with van der Waals surface area (Å²) in [4.78, 5) is 17.9. The summed E-state index contributed by atoms with van der Waals surface area (Å²) in [5.74, 6) is -1.20. The second kappa shape index (κ2) is 6.45. The normalized spacial score (nSPS) is 24.8. The molecular formula is C13H20N2O3S. The van der Waals surface area contributed by atoms with E-state index < -0.39 is 11.9 Å². The average Bonchev–Trinajstić information content (AvgIpc) is 3.05. The van der Waals surface area contributed by atoms with E-state index in [4.69, 9.17) is 4.74 Å². The van der Waals surface area contributed by atoms with Crippen molar-refractivity contribution in [3.8, 4) is 0 Å². The molecule has 1 aliphatic rings. The fraction of sp³-hybridized carbons (Fsp3) is 0.692. The van der Waals surface area contributed by atoms with Crippen LogP contribution in [0.5, 0.6) is 0 Å². The number of aliphatic carboxylic acids is 1. The van der Waals surface area contributed by atoms with Crippen molar-refractivity contribution in [3.05, 3.63) is 16.6 Å². The van der Waals surface area contributed by atoms with Crippen molar-refractivity contribution < 1.29 is 14.6 Å². The maximum Gasteiger partial charge on any atom is 0.310 e. The van der Waals surface area contributed by atoms with Gasteiger partial charge in [-0.15, -0.1) is 11.3 Å². The minimum absolute atomic E-state index is 0.0589. The van der Waals surface area contributed by atoms with E-state index in [9.17, 15) is 9.90 Å². The molecule has 1 N–H and O–H groups in total. The maximum absolute atomic E-state index is 11.3. The second-order valence-corrected chi connectivity index (χ2v) is 5.76. The molecule has 19 heavy (non-hydrogen) atoms. The monoisotopic (exact) mass is 284 g/mol. The summed E-state index contributed by atoms with van der Waals surface area (Å²) >= 11 is 1.61. The molecule has 0 radical (unpaired) electrons. The lowest BCUT2D eigenvalue weighted by atomic mass is 10.0. The Morgan fingerprint density at radius 3 is 3.05 bits per heavy atom. The van der Waals surface area contributed by atoms with Gasteiger partial charge in [0.25, 0.3) is 0 Å². The van der Waals surface area contributed by atoms with Crippen LogP contribution in [-0.4, -0.2) is 46.8 Å². The van der Waals surface area contributed by atoms with Crippen molar-refractivity contribution >= 4 is 17.3 Å². The Hall–Kier alpha value is -0.980. The lowest BCUT2D eigenvalue weighted by Crippen LogP contribution is -2.44. The summed E-state index contributed by atoms with van der Waals surface area (Å²) < 4.78 is 5.39. The summed E-state index contributed by atoms with van der Waals surface area (Å²) in [7, 11) is 0. The third kappa shape index (κ3) is 3.13. The predicted molar refractivity (Wildman–Crippen MR) is 73.3 cm³/mol. The predicted octanol–water partition coefficient (Wildman–Crippen LogP) is 2.02. The van der Waals surface area contributed by atoms with E-state index in [1.807, 2.05) is 5.38 Å². The summed E-state index contributed by atoms with van der Waals surface area (Å²) in [5, 5.41) is 12.3. The van der Waals surface area contributed by atoms with Crippen LogP contribution in [-0.2, 0) is 9.53 Å². The molecule has 1 aromatic rings. The van der Waals surface area contributed by atoms with Crippen LogP contribution >= 0.6 is 11.3 Å². The number of hydrogen-bond acceptors (Lipinski definition) is 5. The molecule has 3 atom stereocenters. The fourth-order valence-electron chi connectivity index (χ4n) is 2.59. The van der Waals surface area contributed by atoms with Crippen LogP contribution < -0.4 is 0 Å². The Kier molecular flexibility index (Phi) is 4.90. The van der Waals surface area contributed by atoms with Gasteiger partial charge in [-0.1, -0.05) is 6.92 Å². The highest BCUT2D eigenvalue weighted by molar-refractivity contribution is 7.09. The van der Waals surface area contributed by atoms with Gasteiger partial charge in [0.15, 0.2) is 0 Å². The van der Waals surface area contributed by atoms with Gasteiger partial charge in [-0.05, 0) is 19.9 Å². The number of hydrogen-bond donors (Lipinski definition) is 1. The van der Waals surface area contributed by atoms with Crippen LogP contribution in [0.3, 0.4) is 0 Å². The highest BCUT2D eigenvalue weighted by atomic mass is 32.1. The van der Waals surface area contributed by atoms with Crippen LogP contribution in [0.25, 0.3) is 0 Å². The van der Waals surface area contributed by atoms with Crippen molar-refractivity contribution in [2.24, 2.45) is 5.92 Å². The lowest BCUT2D eigenvalue weighted by Gasteiger charge is -2.34. The van der Waals surface area contributed by atoms with Crippen LogP contribution in [0.15, 0.2) is 11.6 Å². The molecule has 1 saturated heterocycles. The number of nitrogens with zero attached hydrogens (tertiary/aromatic N) is 2. The Bertz CT molecular complexity index is 410. The first kappa shape index (κ1) is 14.4. The van der Waals surface area contributed by atoms with Gasteiger partial charge in [-0.2, -0.15) is 0 Å². The van der Waals surface area contributed by atoms with Gasteiger partial charge in [0.2, 0.25) is 0 Å². The minimum Gasteiger partial charge on any atom is -0.481 e. The Morgan fingerprint density at radius 2 is 2.47 bits per heavy atom. The number of carboxylic acids is 1. The van der Waals surface area contributed by atoms with Gasteiger partial charge < -0.3 is 9.84 Å². The Labute approximate surface area is 117 Å². The maximum atomic E-state index is 11.3. The minimum atomic E-state index is -0.769. The zero-order valence-corrected chi connectivity index (χ0v) is 12.1. The van der Waals surface area contributed by atoms with Crippen molar-refractivity contribution in [1.29, 1.82) is 0 Å². The van der Waals surface area contributed by atoms with E-state index in [0.29, 0.717) is 13.2 Å². The van der Waals surface area contributed by atoms with Crippen LogP contribution in [0.2, 0.25) is 0 Å². The molecule has 0 amide bonds. The third-order valence-corrected chi connectivity index (χ3v) is 4.53. The molecule has 1 aliphatic heterocycles. The molecular weight excluding hydrogens is 264 g/mol. The van der Waals surface area contributed by atoms with Crippen LogP contribution in [0.1, 0.15) is 31.3 Å². The first-order valence-corrected chi connectivity index (χ1v) is 7.48. The third-order valence-electron chi connectivity index (χ3n) is 3.58. The Balaban J connectivity index is 2.17. The van der Waals surface area contributed by atoms with E-state index in [-0.39, 0.29) is 12.1 Å². The molecule has 2 rings (SSSR count). The fourth-order valence-corrected chi connectivity index (χ4v) is 3.31. The Morgan fingerprint density at radius 1 is 1.68 bits per heavy atom. The van der Waals surface area contributed by atoms with Gasteiger partial charge in [-0.3, -0.25) is 9.69 Å². The second-order valence-electron chi connectivity index (χ2n) is 4.83. The molecule has 0 saturated carbocycles. The number of thiazole rings is 1. The topological polar surface area (TPSA) is 62.7 Å². The molecule has 0 aliphatic carbocycles. The van der Waals surface area contributed by atoms with E-state index in [2.05, 4.69) is 23.7 Å². The molecule has 1 aromatic heterocycles. The quantitative estimate of drug-likeness (QED) is 0.866. The highest BCUT2D eigenvalue weighted by Crippen LogP contribution is 2.30. The lowest BCUT2D eigenvalue weighted by molar-refractivity contribution is -0.143. The molecule has 0 spiro atoms. The van der Waals surface area contributed by atoms with Crippen molar-refractivity contribution in [3.63, 3.8) is 0 Å². The van der Waals surface area contributed by atoms with Crippen molar-refractivity contribution in [2.75, 3.05) is 19.8 Å². The van der Waals surface area contributed by atoms with E-state index in [1.54, 1.807) is 17.5 Å². The summed E-state index contributed by atoms with van der Waals surface area (Å²) in [6.07, 6.45) is 2.78. The molecule has 6 heteroatoms. The summed E-state index contributed by atoms with van der Waals surface area (Å²) in [5.41, 5.74) is 0. The van der Waals surface area contributed by atoms with Crippen LogP contribution in [0.4, 0.5) is 0 Å². The first-order valence-electron chi connectivity index (χ1n) is 6.60. The number of carboxylic acid groups (broad SMARTS) is 1. The van der Waals surface area contributed by atoms with Gasteiger partial charge >= 0.3 is 5.97 Å². The molecule has 3 unspecified atom stereocenters. The number of aromatic nitrogens is 1. The largest absolute Gasteiger partial charge is 0.481 e. The van der Waals surface area contributed by atoms with Crippen LogP contribution in [0, 0.1) is 5.92 Å². The SMILES string of the molecule is CCCN(C(C)c1nccs1)C1COCC1C(=O)O. The van der Waals surface area contributed by atoms with E-state index >= 15 is 0 Å². The zero-order chi connectivity index (χ0) is 13.8. The summed E-state index contributed by atoms with van der Waals surface area (Å²) in [6, 6.07) is 0.0739. The average molecular weight is 284 g/mol.